The van der Waals surface area contributed by atoms with Gasteiger partial charge in [-0.15, -0.1) is 0 Å². The van der Waals surface area contributed by atoms with Crippen LogP contribution in [-0.2, 0) is 9.84 Å². The lowest BCUT2D eigenvalue weighted by Gasteiger charge is -2.28. The van der Waals surface area contributed by atoms with Gasteiger partial charge in [-0.05, 0) is 31.2 Å². The molecule has 3 aromatic rings. The number of hydrogen-bond donors (Lipinski definition) is 0. The zero-order valence-electron chi connectivity index (χ0n) is 13.1. The third-order valence-electron chi connectivity index (χ3n) is 4.28. The van der Waals surface area contributed by atoms with Crippen LogP contribution in [0.15, 0.2) is 77.7 Å². The molecule has 0 bridgehead atoms. The molecule has 1 aliphatic rings. The Morgan fingerprint density at radius 3 is 1.79 bits per heavy atom. The van der Waals surface area contributed by atoms with E-state index >= 15 is 0 Å². The van der Waals surface area contributed by atoms with Crippen molar-refractivity contribution in [3.8, 4) is 11.5 Å². The van der Waals surface area contributed by atoms with Gasteiger partial charge in [-0.3, -0.25) is 0 Å². The summed E-state index contributed by atoms with van der Waals surface area (Å²) in [6, 6.07) is 21.6. The second kappa shape index (κ2) is 5.49. The first-order valence-electron chi connectivity index (χ1n) is 7.73. The summed E-state index contributed by atoms with van der Waals surface area (Å²) < 4.78 is 32.6. The Morgan fingerprint density at radius 1 is 0.750 bits per heavy atom. The van der Waals surface area contributed by atoms with E-state index in [1.54, 1.807) is 12.1 Å². The SMILES string of the molecule is Cc1ccc(S(=O)(=O)C2c3ccccc3Oc3ccccc32)cc1. The van der Waals surface area contributed by atoms with Gasteiger partial charge in [0.15, 0.2) is 9.84 Å². The molecule has 0 saturated heterocycles. The number of para-hydroxylation sites is 2. The zero-order valence-corrected chi connectivity index (χ0v) is 14.0. The van der Waals surface area contributed by atoms with Crippen molar-refractivity contribution in [2.24, 2.45) is 0 Å². The summed E-state index contributed by atoms with van der Waals surface area (Å²) >= 11 is 0. The minimum absolute atomic E-state index is 0.324. The van der Waals surface area contributed by atoms with Gasteiger partial charge in [-0.2, -0.15) is 0 Å². The number of fused-ring (bicyclic) bond motifs is 2. The zero-order chi connectivity index (χ0) is 16.7. The second-order valence-corrected chi connectivity index (χ2v) is 7.95. The van der Waals surface area contributed by atoms with Crippen LogP contribution in [0.5, 0.6) is 11.5 Å². The van der Waals surface area contributed by atoms with E-state index in [4.69, 9.17) is 4.74 Å². The third kappa shape index (κ3) is 2.31. The molecule has 4 heteroatoms. The molecule has 0 N–H and O–H groups in total. The van der Waals surface area contributed by atoms with Crippen molar-refractivity contribution in [2.45, 2.75) is 17.1 Å². The molecule has 0 saturated carbocycles. The van der Waals surface area contributed by atoms with Crippen molar-refractivity contribution < 1.29 is 13.2 Å². The van der Waals surface area contributed by atoms with E-state index in [2.05, 4.69) is 0 Å². The summed E-state index contributed by atoms with van der Waals surface area (Å²) in [6.45, 7) is 1.94. The summed E-state index contributed by atoms with van der Waals surface area (Å²) in [6.07, 6.45) is 0. The summed E-state index contributed by atoms with van der Waals surface area (Å²) in [7, 11) is -3.59. The molecule has 24 heavy (non-hydrogen) atoms. The maximum absolute atomic E-state index is 13.4. The van der Waals surface area contributed by atoms with Crippen LogP contribution >= 0.6 is 0 Å². The first-order chi connectivity index (χ1) is 11.6. The predicted molar refractivity (Wildman–Crippen MR) is 93.2 cm³/mol. The molecule has 3 aromatic carbocycles. The first kappa shape index (κ1) is 15.0. The number of hydrogen-bond acceptors (Lipinski definition) is 3. The van der Waals surface area contributed by atoms with E-state index in [1.165, 1.54) is 0 Å². The largest absolute Gasteiger partial charge is 0.457 e. The summed E-state index contributed by atoms with van der Waals surface area (Å²) in [5.74, 6) is 1.19. The molecule has 0 aromatic heterocycles. The lowest BCUT2D eigenvalue weighted by molar-refractivity contribution is 0.455. The molecular weight excluding hydrogens is 320 g/mol. The van der Waals surface area contributed by atoms with E-state index < -0.39 is 15.1 Å². The lowest BCUT2D eigenvalue weighted by atomic mass is 10.00. The summed E-state index contributed by atoms with van der Waals surface area (Å²) in [5, 5.41) is -0.763. The van der Waals surface area contributed by atoms with Crippen LogP contribution in [0.2, 0.25) is 0 Å². The average Bonchev–Trinajstić information content (AvgIpc) is 2.59. The molecule has 0 atom stereocenters. The number of sulfone groups is 1. The summed E-state index contributed by atoms with van der Waals surface area (Å²) in [5.41, 5.74) is 2.38. The van der Waals surface area contributed by atoms with Crippen LogP contribution in [0.3, 0.4) is 0 Å². The van der Waals surface area contributed by atoms with Crippen LogP contribution in [0.25, 0.3) is 0 Å². The third-order valence-corrected chi connectivity index (χ3v) is 6.34. The van der Waals surface area contributed by atoms with E-state index in [1.807, 2.05) is 67.6 Å². The number of aryl methyl sites for hydroxylation is 1. The van der Waals surface area contributed by atoms with Gasteiger partial charge in [0.05, 0.1) is 4.90 Å². The molecule has 0 fully saturated rings. The highest BCUT2D eigenvalue weighted by Gasteiger charge is 2.37. The second-order valence-electron chi connectivity index (χ2n) is 5.92. The Balaban J connectivity index is 1.96. The molecule has 0 aliphatic carbocycles. The first-order valence-corrected chi connectivity index (χ1v) is 9.28. The van der Waals surface area contributed by atoms with Gasteiger partial charge in [0.25, 0.3) is 0 Å². The van der Waals surface area contributed by atoms with Crippen molar-refractivity contribution in [3.05, 3.63) is 89.5 Å². The van der Waals surface area contributed by atoms with Crippen molar-refractivity contribution in [3.63, 3.8) is 0 Å². The maximum atomic E-state index is 13.4. The molecule has 3 nitrogen and oxygen atoms in total. The summed E-state index contributed by atoms with van der Waals surface area (Å²) in [4.78, 5) is 0.324. The van der Waals surface area contributed by atoms with Gasteiger partial charge in [0.1, 0.15) is 16.7 Å². The fraction of sp³-hybridized carbons (Fsp3) is 0.100. The maximum Gasteiger partial charge on any atom is 0.189 e. The van der Waals surface area contributed by atoms with Gasteiger partial charge in [0, 0.05) is 11.1 Å². The highest BCUT2D eigenvalue weighted by Crippen LogP contribution is 2.48. The topological polar surface area (TPSA) is 43.4 Å². The minimum Gasteiger partial charge on any atom is -0.457 e. The van der Waals surface area contributed by atoms with E-state index in [-0.39, 0.29) is 0 Å². The molecule has 0 radical (unpaired) electrons. The van der Waals surface area contributed by atoms with Crippen LogP contribution in [0, 0.1) is 6.92 Å². The molecule has 120 valence electrons. The highest BCUT2D eigenvalue weighted by molar-refractivity contribution is 7.92. The Bertz CT molecular complexity index is 960. The highest BCUT2D eigenvalue weighted by atomic mass is 32.2. The molecule has 0 spiro atoms. The van der Waals surface area contributed by atoms with Crippen molar-refractivity contribution >= 4 is 9.84 Å². The quantitative estimate of drug-likeness (QED) is 0.683. The van der Waals surface area contributed by atoms with E-state index in [0.717, 1.165) is 5.56 Å². The van der Waals surface area contributed by atoms with Gasteiger partial charge < -0.3 is 4.74 Å². The monoisotopic (exact) mass is 336 g/mol. The fourth-order valence-electron chi connectivity index (χ4n) is 3.06. The Hall–Kier alpha value is -2.59. The molecular formula is C20H16O3S. The van der Waals surface area contributed by atoms with Crippen molar-refractivity contribution in [1.29, 1.82) is 0 Å². The Labute approximate surface area is 141 Å². The molecule has 0 unspecified atom stereocenters. The van der Waals surface area contributed by atoms with Gasteiger partial charge in [-0.1, -0.05) is 54.1 Å². The van der Waals surface area contributed by atoms with E-state index in [0.29, 0.717) is 27.5 Å². The van der Waals surface area contributed by atoms with Crippen molar-refractivity contribution in [1.82, 2.24) is 0 Å². The predicted octanol–water partition coefficient (Wildman–Crippen LogP) is 4.66. The normalized spacial score (nSPS) is 13.7. The van der Waals surface area contributed by atoms with Crippen LogP contribution in [-0.4, -0.2) is 8.42 Å². The Kier molecular flexibility index (Phi) is 3.43. The smallest absolute Gasteiger partial charge is 0.189 e. The number of ether oxygens (including phenoxy) is 1. The lowest BCUT2D eigenvalue weighted by Crippen LogP contribution is -2.19. The molecule has 0 amide bonds. The molecule has 4 rings (SSSR count). The average molecular weight is 336 g/mol. The van der Waals surface area contributed by atoms with Crippen molar-refractivity contribution in [2.75, 3.05) is 0 Å². The van der Waals surface area contributed by atoms with Crippen LogP contribution in [0.4, 0.5) is 0 Å². The Morgan fingerprint density at radius 2 is 1.25 bits per heavy atom. The van der Waals surface area contributed by atoms with Gasteiger partial charge in [0.2, 0.25) is 0 Å². The molecule has 1 heterocycles. The standard InChI is InChI=1S/C20H16O3S/c1-14-10-12-15(13-11-14)24(21,22)20-16-6-2-4-8-18(16)23-19-9-5-3-7-17(19)20/h2-13,20H,1H3. The molecule has 1 aliphatic heterocycles. The van der Waals surface area contributed by atoms with Crippen LogP contribution < -0.4 is 4.74 Å². The van der Waals surface area contributed by atoms with Crippen LogP contribution in [0.1, 0.15) is 21.9 Å². The fourth-order valence-corrected chi connectivity index (χ4v) is 4.91. The minimum atomic E-state index is -3.59. The number of rotatable bonds is 2. The number of benzene rings is 3. The van der Waals surface area contributed by atoms with E-state index in [9.17, 15) is 8.42 Å². The van der Waals surface area contributed by atoms with Gasteiger partial charge in [-0.25, -0.2) is 8.42 Å². The van der Waals surface area contributed by atoms with Gasteiger partial charge >= 0.3 is 0 Å².